The number of rotatable bonds is 9. The highest BCUT2D eigenvalue weighted by Crippen LogP contribution is 2.22. The quantitative estimate of drug-likeness (QED) is 0.647. The molecule has 0 saturated heterocycles. The Morgan fingerprint density at radius 1 is 1.18 bits per heavy atom. The Balaban J connectivity index is 2.08. The van der Waals surface area contributed by atoms with Gasteiger partial charge in [-0.25, -0.2) is 12.8 Å². The minimum absolute atomic E-state index is 0.0184. The Labute approximate surface area is 165 Å². The van der Waals surface area contributed by atoms with Crippen LogP contribution in [0.4, 0.5) is 10.1 Å². The minimum atomic E-state index is -3.89. The van der Waals surface area contributed by atoms with Crippen molar-refractivity contribution in [3.8, 4) is 0 Å². The first-order valence-electron chi connectivity index (χ1n) is 8.96. The van der Waals surface area contributed by atoms with Crippen molar-refractivity contribution in [2.45, 2.75) is 31.3 Å². The molecule has 0 aromatic heterocycles. The van der Waals surface area contributed by atoms with Crippen LogP contribution in [0.5, 0.6) is 0 Å². The van der Waals surface area contributed by atoms with E-state index in [-0.39, 0.29) is 22.5 Å². The summed E-state index contributed by atoms with van der Waals surface area (Å²) in [5, 5.41) is 2.75. The summed E-state index contributed by atoms with van der Waals surface area (Å²) in [6.07, 6.45) is 0.797. The van der Waals surface area contributed by atoms with Crippen LogP contribution in [0, 0.1) is 5.82 Å². The molecule has 0 atom stereocenters. The second-order valence-electron chi connectivity index (χ2n) is 6.51. The second-order valence-corrected chi connectivity index (χ2v) is 8.48. The molecule has 0 saturated carbocycles. The van der Waals surface area contributed by atoms with E-state index in [2.05, 4.69) is 5.32 Å². The lowest BCUT2D eigenvalue weighted by atomic mass is 10.2. The third-order valence-corrected chi connectivity index (χ3v) is 5.78. The molecule has 6 nitrogen and oxygen atoms in total. The molecular weight excluding hydrogens is 383 g/mol. The zero-order chi connectivity index (χ0) is 20.7. The van der Waals surface area contributed by atoms with Gasteiger partial charge in [-0.2, -0.15) is 0 Å². The van der Waals surface area contributed by atoms with Gasteiger partial charge in [0.15, 0.2) is 0 Å². The number of amides is 1. The number of ether oxygens (including phenoxy) is 1. The summed E-state index contributed by atoms with van der Waals surface area (Å²) in [5.41, 5.74) is 0.569. The molecule has 28 heavy (non-hydrogen) atoms. The lowest BCUT2D eigenvalue weighted by Crippen LogP contribution is -2.28. The predicted octanol–water partition coefficient (Wildman–Crippen LogP) is 3.20. The van der Waals surface area contributed by atoms with E-state index in [0.29, 0.717) is 25.3 Å². The average Bonchev–Trinajstić information content (AvgIpc) is 2.67. The number of carbonyl (C=O) groups is 1. The van der Waals surface area contributed by atoms with E-state index in [4.69, 9.17) is 4.74 Å². The van der Waals surface area contributed by atoms with Crippen LogP contribution in [0.2, 0.25) is 0 Å². The third-order valence-electron chi connectivity index (χ3n) is 4.00. The van der Waals surface area contributed by atoms with Gasteiger partial charge in [-0.1, -0.05) is 6.07 Å². The molecular formula is C20H25FN2O4S. The minimum Gasteiger partial charge on any atom is -0.379 e. The Morgan fingerprint density at radius 2 is 1.86 bits per heavy atom. The summed E-state index contributed by atoms with van der Waals surface area (Å²) >= 11 is 0. The zero-order valence-corrected chi connectivity index (χ0v) is 17.0. The van der Waals surface area contributed by atoms with Gasteiger partial charge >= 0.3 is 0 Å². The molecule has 1 amide bonds. The van der Waals surface area contributed by atoms with E-state index in [1.807, 2.05) is 13.8 Å². The Morgan fingerprint density at radius 3 is 2.50 bits per heavy atom. The van der Waals surface area contributed by atoms with Crippen molar-refractivity contribution >= 4 is 21.6 Å². The first-order chi connectivity index (χ1) is 13.2. The van der Waals surface area contributed by atoms with E-state index in [1.54, 1.807) is 6.07 Å². The molecule has 0 aliphatic rings. The van der Waals surface area contributed by atoms with E-state index >= 15 is 0 Å². The molecule has 8 heteroatoms. The van der Waals surface area contributed by atoms with Crippen LogP contribution in [0.3, 0.4) is 0 Å². The number of sulfonamides is 1. The van der Waals surface area contributed by atoms with Crippen molar-refractivity contribution in [1.29, 1.82) is 0 Å². The van der Waals surface area contributed by atoms with Gasteiger partial charge in [0, 0.05) is 25.8 Å². The van der Waals surface area contributed by atoms with E-state index < -0.39 is 15.8 Å². The van der Waals surface area contributed by atoms with Crippen molar-refractivity contribution in [3.05, 3.63) is 59.9 Å². The van der Waals surface area contributed by atoms with Gasteiger partial charge in [0.1, 0.15) is 5.82 Å². The summed E-state index contributed by atoms with van der Waals surface area (Å²) in [5.74, 6) is -0.807. The van der Waals surface area contributed by atoms with E-state index in [9.17, 15) is 17.6 Å². The molecule has 0 aliphatic heterocycles. The number of nitrogens with one attached hydrogen (secondary N) is 1. The largest absolute Gasteiger partial charge is 0.379 e. The normalized spacial score (nSPS) is 11.5. The summed E-state index contributed by atoms with van der Waals surface area (Å²) in [7, 11) is -2.51. The van der Waals surface area contributed by atoms with E-state index in [1.165, 1.54) is 49.5 Å². The molecule has 152 valence electrons. The fraction of sp³-hybridized carbons (Fsp3) is 0.350. The maximum atomic E-state index is 13.1. The van der Waals surface area contributed by atoms with Crippen molar-refractivity contribution in [2.75, 3.05) is 24.5 Å². The number of nitrogens with zero attached hydrogens (tertiary/aromatic N) is 1. The number of hydrogen-bond donors (Lipinski definition) is 1. The molecule has 2 rings (SSSR count). The smallest absolute Gasteiger partial charge is 0.264 e. The lowest BCUT2D eigenvalue weighted by Gasteiger charge is -2.19. The monoisotopic (exact) mass is 408 g/mol. The van der Waals surface area contributed by atoms with Crippen LogP contribution < -0.4 is 9.62 Å². The van der Waals surface area contributed by atoms with Crippen LogP contribution in [0.1, 0.15) is 30.6 Å². The predicted molar refractivity (Wildman–Crippen MR) is 106 cm³/mol. The van der Waals surface area contributed by atoms with Crippen LogP contribution in [0.25, 0.3) is 0 Å². The van der Waals surface area contributed by atoms with Crippen molar-refractivity contribution < 1.29 is 22.3 Å². The van der Waals surface area contributed by atoms with Gasteiger partial charge < -0.3 is 10.1 Å². The number of hydrogen-bond acceptors (Lipinski definition) is 4. The first kappa shape index (κ1) is 21.8. The van der Waals surface area contributed by atoms with Crippen LogP contribution in [-0.2, 0) is 14.8 Å². The zero-order valence-electron chi connectivity index (χ0n) is 16.2. The standard InChI is InChI=1S/C20H25FN2O4S/c1-15(2)27-13-5-12-22-20(24)16-6-4-7-19(14-16)28(25,26)23(3)18-10-8-17(21)9-11-18/h4,6-11,14-15H,5,12-13H2,1-3H3,(H,22,24). The highest BCUT2D eigenvalue weighted by molar-refractivity contribution is 7.92. The summed E-state index contributed by atoms with van der Waals surface area (Å²) in [6.45, 7) is 4.84. The van der Waals surface area contributed by atoms with Gasteiger partial charge in [-0.15, -0.1) is 0 Å². The molecule has 0 radical (unpaired) electrons. The van der Waals surface area contributed by atoms with Gasteiger partial charge in [-0.05, 0) is 62.7 Å². The summed E-state index contributed by atoms with van der Waals surface area (Å²) in [6, 6.07) is 10.9. The molecule has 0 spiro atoms. The van der Waals surface area contributed by atoms with Crippen molar-refractivity contribution in [3.63, 3.8) is 0 Å². The van der Waals surface area contributed by atoms with Crippen LogP contribution >= 0.6 is 0 Å². The summed E-state index contributed by atoms with van der Waals surface area (Å²) in [4.78, 5) is 12.3. The highest BCUT2D eigenvalue weighted by Gasteiger charge is 2.22. The Hall–Kier alpha value is -2.45. The number of benzene rings is 2. The van der Waals surface area contributed by atoms with Gasteiger partial charge in [0.25, 0.3) is 15.9 Å². The fourth-order valence-corrected chi connectivity index (χ4v) is 3.68. The second kappa shape index (κ2) is 9.66. The highest BCUT2D eigenvalue weighted by atomic mass is 32.2. The van der Waals surface area contributed by atoms with Crippen molar-refractivity contribution in [2.24, 2.45) is 0 Å². The third kappa shape index (κ3) is 5.77. The molecule has 0 aliphatic carbocycles. The number of carbonyl (C=O) groups excluding carboxylic acids is 1. The number of anilines is 1. The topological polar surface area (TPSA) is 75.7 Å². The average molecular weight is 408 g/mol. The molecule has 0 heterocycles. The van der Waals surface area contributed by atoms with Crippen LogP contribution in [-0.4, -0.2) is 40.6 Å². The van der Waals surface area contributed by atoms with Gasteiger partial charge in [0.05, 0.1) is 16.7 Å². The first-order valence-corrected chi connectivity index (χ1v) is 10.4. The molecule has 1 N–H and O–H groups in total. The lowest BCUT2D eigenvalue weighted by molar-refractivity contribution is 0.0757. The van der Waals surface area contributed by atoms with Crippen LogP contribution in [0.15, 0.2) is 53.4 Å². The maximum Gasteiger partial charge on any atom is 0.264 e. The SMILES string of the molecule is CC(C)OCCCNC(=O)c1cccc(S(=O)(=O)N(C)c2ccc(F)cc2)c1. The Bertz CT molecular complexity index is 899. The maximum absolute atomic E-state index is 13.1. The van der Waals surface area contributed by atoms with Crippen molar-refractivity contribution in [1.82, 2.24) is 5.32 Å². The Kier molecular flexibility index (Phi) is 7.53. The molecule has 0 unspecified atom stereocenters. The summed E-state index contributed by atoms with van der Waals surface area (Å²) < 4.78 is 45.2. The van der Waals surface area contributed by atoms with E-state index in [0.717, 1.165) is 4.31 Å². The van der Waals surface area contributed by atoms with Gasteiger partial charge in [-0.3, -0.25) is 9.10 Å². The molecule has 2 aromatic carbocycles. The molecule has 0 bridgehead atoms. The van der Waals surface area contributed by atoms with Gasteiger partial charge in [0.2, 0.25) is 0 Å². The molecule has 2 aromatic rings. The number of halogens is 1. The fourth-order valence-electron chi connectivity index (χ4n) is 2.44. The molecule has 0 fully saturated rings.